The number of nitrogens with one attached hydrogen (secondary N) is 2. The van der Waals surface area contributed by atoms with Crippen molar-refractivity contribution in [3.05, 3.63) is 29.8 Å². The van der Waals surface area contributed by atoms with E-state index in [0.717, 1.165) is 25.4 Å². The molecule has 0 aliphatic carbocycles. The summed E-state index contributed by atoms with van der Waals surface area (Å²) in [6.07, 6.45) is 0. The molecule has 0 radical (unpaired) electrons. The van der Waals surface area contributed by atoms with Gasteiger partial charge in [-0.15, -0.1) is 0 Å². The van der Waals surface area contributed by atoms with Gasteiger partial charge in [-0.05, 0) is 25.1 Å². The van der Waals surface area contributed by atoms with Crippen LogP contribution < -0.4 is 10.6 Å². The third-order valence-corrected chi connectivity index (χ3v) is 3.08. The van der Waals surface area contributed by atoms with Gasteiger partial charge in [0, 0.05) is 29.8 Å². The summed E-state index contributed by atoms with van der Waals surface area (Å²) in [5, 5.41) is 6.16. The van der Waals surface area contributed by atoms with Gasteiger partial charge in [-0.1, -0.05) is 13.0 Å². The predicted octanol–water partition coefficient (Wildman–Crippen LogP) is 1.88. The van der Waals surface area contributed by atoms with Gasteiger partial charge in [0.15, 0.2) is 0 Å². The Morgan fingerprint density at radius 2 is 2.22 bits per heavy atom. The van der Waals surface area contributed by atoms with Crippen molar-refractivity contribution in [1.82, 2.24) is 5.32 Å². The van der Waals surface area contributed by atoms with E-state index in [1.807, 2.05) is 31.2 Å². The number of carbonyl (C=O) groups excluding carboxylic acids is 1. The van der Waals surface area contributed by atoms with Crippen molar-refractivity contribution in [1.29, 1.82) is 0 Å². The molecule has 1 aliphatic heterocycles. The molecule has 4 nitrogen and oxygen atoms in total. The molecule has 0 bridgehead atoms. The van der Waals surface area contributed by atoms with Crippen LogP contribution in [-0.2, 0) is 4.74 Å². The average Bonchev–Trinajstić information content (AvgIpc) is 2.35. The van der Waals surface area contributed by atoms with Gasteiger partial charge in [-0.3, -0.25) is 4.79 Å². The molecule has 1 amide bonds. The third-order valence-electron chi connectivity index (χ3n) is 3.08. The van der Waals surface area contributed by atoms with Gasteiger partial charge in [0.25, 0.3) is 5.91 Å². The number of hydrogen-bond acceptors (Lipinski definition) is 3. The van der Waals surface area contributed by atoms with Crippen LogP contribution in [0.15, 0.2) is 24.3 Å². The van der Waals surface area contributed by atoms with E-state index in [-0.39, 0.29) is 11.3 Å². The van der Waals surface area contributed by atoms with E-state index in [2.05, 4.69) is 17.6 Å². The van der Waals surface area contributed by atoms with Gasteiger partial charge in [0.1, 0.15) is 0 Å². The molecule has 1 saturated heterocycles. The summed E-state index contributed by atoms with van der Waals surface area (Å²) in [5.74, 6) is -0.0284. The van der Waals surface area contributed by atoms with E-state index < -0.39 is 0 Å². The number of hydrogen-bond donors (Lipinski definition) is 2. The molecule has 98 valence electrons. The second kappa shape index (κ2) is 5.40. The number of anilines is 1. The van der Waals surface area contributed by atoms with Gasteiger partial charge in [-0.25, -0.2) is 0 Å². The summed E-state index contributed by atoms with van der Waals surface area (Å²) in [6.45, 7) is 7.22. The zero-order valence-corrected chi connectivity index (χ0v) is 11.0. The maximum Gasteiger partial charge on any atom is 0.251 e. The van der Waals surface area contributed by atoms with E-state index in [1.54, 1.807) is 0 Å². The van der Waals surface area contributed by atoms with Crippen molar-refractivity contribution in [2.24, 2.45) is 5.41 Å². The Morgan fingerprint density at radius 1 is 1.44 bits per heavy atom. The average molecular weight is 248 g/mol. The fourth-order valence-electron chi connectivity index (χ4n) is 1.90. The Kier molecular flexibility index (Phi) is 3.87. The summed E-state index contributed by atoms with van der Waals surface area (Å²) < 4.78 is 5.22. The van der Waals surface area contributed by atoms with Crippen LogP contribution in [0.3, 0.4) is 0 Å². The molecule has 1 aromatic carbocycles. The summed E-state index contributed by atoms with van der Waals surface area (Å²) in [5.41, 5.74) is 1.89. The molecule has 1 aromatic rings. The lowest BCUT2D eigenvalue weighted by Crippen LogP contribution is -2.45. The molecule has 1 fully saturated rings. The molecule has 1 aliphatic rings. The Morgan fingerprint density at radius 3 is 2.83 bits per heavy atom. The number of carbonyl (C=O) groups is 1. The molecule has 1 heterocycles. The normalized spacial score (nSPS) is 16.8. The first kappa shape index (κ1) is 12.9. The fraction of sp³-hybridized carbons (Fsp3) is 0.500. The van der Waals surface area contributed by atoms with Crippen molar-refractivity contribution in [2.75, 3.05) is 31.6 Å². The van der Waals surface area contributed by atoms with Gasteiger partial charge in [-0.2, -0.15) is 0 Å². The lowest BCUT2D eigenvalue weighted by atomic mass is 9.88. The van der Waals surface area contributed by atoms with Crippen LogP contribution in [0.25, 0.3) is 0 Å². The molecular weight excluding hydrogens is 228 g/mol. The van der Waals surface area contributed by atoms with Crippen LogP contribution in [0, 0.1) is 5.41 Å². The van der Waals surface area contributed by atoms with Gasteiger partial charge < -0.3 is 15.4 Å². The first-order valence-corrected chi connectivity index (χ1v) is 6.33. The minimum absolute atomic E-state index is 0.0284. The van der Waals surface area contributed by atoms with Crippen LogP contribution in [0.4, 0.5) is 5.69 Å². The van der Waals surface area contributed by atoms with Crippen LogP contribution in [-0.4, -0.2) is 32.2 Å². The molecular formula is C14H20N2O2. The molecule has 0 atom stereocenters. The van der Waals surface area contributed by atoms with Crippen LogP contribution >= 0.6 is 0 Å². The van der Waals surface area contributed by atoms with Crippen LogP contribution in [0.2, 0.25) is 0 Å². The SMILES string of the molecule is CCNC(=O)c1cccc(NCC2(C)COC2)c1. The molecule has 2 rings (SSSR count). The largest absolute Gasteiger partial charge is 0.384 e. The topological polar surface area (TPSA) is 50.4 Å². The summed E-state index contributed by atoms with van der Waals surface area (Å²) in [4.78, 5) is 11.7. The number of benzene rings is 1. The molecule has 0 saturated carbocycles. The lowest BCUT2D eigenvalue weighted by molar-refractivity contribution is -0.0924. The lowest BCUT2D eigenvalue weighted by Gasteiger charge is -2.38. The third kappa shape index (κ3) is 3.01. The van der Waals surface area contributed by atoms with Gasteiger partial charge in [0.05, 0.1) is 13.2 Å². The minimum atomic E-state index is -0.0284. The zero-order valence-electron chi connectivity index (χ0n) is 11.0. The smallest absolute Gasteiger partial charge is 0.251 e. The van der Waals surface area contributed by atoms with Crippen LogP contribution in [0.5, 0.6) is 0 Å². The van der Waals surface area contributed by atoms with Crippen molar-refractivity contribution in [3.8, 4) is 0 Å². The maximum absolute atomic E-state index is 11.7. The van der Waals surface area contributed by atoms with E-state index in [4.69, 9.17) is 4.74 Å². The monoisotopic (exact) mass is 248 g/mol. The predicted molar refractivity (Wildman–Crippen MR) is 71.9 cm³/mol. The Labute approximate surface area is 108 Å². The first-order chi connectivity index (χ1) is 8.63. The minimum Gasteiger partial charge on any atom is -0.384 e. The Hall–Kier alpha value is -1.55. The van der Waals surface area contributed by atoms with Crippen molar-refractivity contribution in [3.63, 3.8) is 0 Å². The van der Waals surface area contributed by atoms with E-state index in [1.165, 1.54) is 0 Å². The molecule has 0 unspecified atom stereocenters. The zero-order chi connectivity index (χ0) is 13.0. The molecule has 18 heavy (non-hydrogen) atoms. The van der Waals surface area contributed by atoms with Gasteiger partial charge in [0.2, 0.25) is 0 Å². The second-order valence-corrected chi connectivity index (χ2v) is 5.10. The van der Waals surface area contributed by atoms with Gasteiger partial charge >= 0.3 is 0 Å². The number of ether oxygens (including phenoxy) is 1. The molecule has 0 spiro atoms. The highest BCUT2D eigenvalue weighted by atomic mass is 16.5. The highest BCUT2D eigenvalue weighted by Gasteiger charge is 2.32. The molecule has 2 N–H and O–H groups in total. The molecule has 0 aromatic heterocycles. The van der Waals surface area contributed by atoms with E-state index in [0.29, 0.717) is 12.1 Å². The van der Waals surface area contributed by atoms with Crippen molar-refractivity contribution in [2.45, 2.75) is 13.8 Å². The number of rotatable bonds is 5. The van der Waals surface area contributed by atoms with Crippen LogP contribution in [0.1, 0.15) is 24.2 Å². The second-order valence-electron chi connectivity index (χ2n) is 5.10. The van der Waals surface area contributed by atoms with Crippen molar-refractivity contribution >= 4 is 11.6 Å². The first-order valence-electron chi connectivity index (χ1n) is 6.33. The number of amides is 1. The highest BCUT2D eigenvalue weighted by Crippen LogP contribution is 2.26. The van der Waals surface area contributed by atoms with E-state index >= 15 is 0 Å². The fourth-order valence-corrected chi connectivity index (χ4v) is 1.90. The maximum atomic E-state index is 11.7. The molecule has 4 heteroatoms. The van der Waals surface area contributed by atoms with Crippen molar-refractivity contribution < 1.29 is 9.53 Å². The Balaban J connectivity index is 1.96. The summed E-state index contributed by atoms with van der Waals surface area (Å²) in [7, 11) is 0. The quantitative estimate of drug-likeness (QED) is 0.836. The highest BCUT2D eigenvalue weighted by molar-refractivity contribution is 5.95. The standard InChI is InChI=1S/C14H20N2O2/c1-3-15-13(17)11-5-4-6-12(7-11)16-8-14(2)9-18-10-14/h4-7,16H,3,8-10H2,1-2H3,(H,15,17). The summed E-state index contributed by atoms with van der Waals surface area (Å²) >= 11 is 0. The van der Waals surface area contributed by atoms with E-state index in [9.17, 15) is 4.79 Å². The Bertz CT molecular complexity index is 428. The summed E-state index contributed by atoms with van der Waals surface area (Å²) in [6, 6.07) is 7.58.